The first-order valence-corrected chi connectivity index (χ1v) is 11.5. The molecule has 0 saturated heterocycles. The van der Waals surface area contributed by atoms with Gasteiger partial charge in [-0.2, -0.15) is 5.10 Å². The Morgan fingerprint density at radius 2 is 2.03 bits per heavy atom. The van der Waals surface area contributed by atoms with E-state index in [-0.39, 0.29) is 6.61 Å². The maximum absolute atomic E-state index is 9.79. The summed E-state index contributed by atoms with van der Waals surface area (Å²) >= 11 is 0. The second kappa shape index (κ2) is 9.09. The van der Waals surface area contributed by atoms with Crippen LogP contribution in [0.1, 0.15) is 37.8 Å². The monoisotopic (exact) mass is 423 g/mol. The summed E-state index contributed by atoms with van der Waals surface area (Å²) in [6.07, 6.45) is 16.4. The molecule has 0 saturated carbocycles. The van der Waals surface area contributed by atoms with E-state index in [9.17, 15) is 5.11 Å². The van der Waals surface area contributed by atoms with E-state index in [4.69, 9.17) is 0 Å². The number of rotatable bonds is 5. The molecule has 0 radical (unpaired) electrons. The molecular formula is C28H29N3O. The van der Waals surface area contributed by atoms with Gasteiger partial charge in [0, 0.05) is 23.8 Å². The number of aliphatic hydroxyl groups excluding tert-OH is 1. The summed E-state index contributed by atoms with van der Waals surface area (Å²) in [5.41, 5.74) is 7.75. The number of aromatic amines is 1. The van der Waals surface area contributed by atoms with E-state index in [0.717, 1.165) is 53.9 Å². The van der Waals surface area contributed by atoms with Gasteiger partial charge in [0.1, 0.15) is 0 Å². The fraction of sp³-hybridized carbons (Fsp3) is 0.286. The van der Waals surface area contributed by atoms with E-state index >= 15 is 0 Å². The second-order valence-corrected chi connectivity index (χ2v) is 8.80. The largest absolute Gasteiger partial charge is 0.396 e. The summed E-state index contributed by atoms with van der Waals surface area (Å²) < 4.78 is 0. The van der Waals surface area contributed by atoms with Crippen LogP contribution in [0.15, 0.2) is 65.9 Å². The highest BCUT2D eigenvalue weighted by molar-refractivity contribution is 5.79. The first-order valence-electron chi connectivity index (χ1n) is 11.5. The van der Waals surface area contributed by atoms with Crippen molar-refractivity contribution in [1.82, 2.24) is 15.2 Å². The summed E-state index contributed by atoms with van der Waals surface area (Å²) in [5, 5.41) is 19.7. The Morgan fingerprint density at radius 3 is 2.91 bits per heavy atom. The Kier molecular flexibility index (Phi) is 5.87. The Labute approximate surface area is 188 Å². The van der Waals surface area contributed by atoms with Crippen molar-refractivity contribution in [2.75, 3.05) is 6.61 Å². The molecule has 4 nitrogen and oxygen atoms in total. The van der Waals surface area contributed by atoms with E-state index in [0.29, 0.717) is 5.92 Å². The number of nitrogens with one attached hydrogen (secondary N) is 1. The van der Waals surface area contributed by atoms with Crippen LogP contribution in [0.4, 0.5) is 0 Å². The maximum Gasteiger partial charge on any atom is 0.0912 e. The SMILES string of the molecule is Cc1cccc(-c2[nH]ncc2-c2ccc3c(c2)=CC(CC2=CCCC[C@H]2CO)=CCC=3)n1. The Morgan fingerprint density at radius 1 is 1.09 bits per heavy atom. The van der Waals surface area contributed by atoms with Gasteiger partial charge >= 0.3 is 0 Å². The smallest absolute Gasteiger partial charge is 0.0912 e. The fourth-order valence-electron chi connectivity index (χ4n) is 4.82. The standard InChI is InChI=1S/C28H29N3O/c1-19-6-4-11-27(30-19)28-26(17-29-31-28)23-13-12-21-10-5-7-20(15-25(21)16-23)14-22-8-2-3-9-24(22)18-32/h4,6-8,10-13,15-17,24,32H,2-3,5,9,14,18H2,1H3,(H,29,31)/t24-/m0/s1. The van der Waals surface area contributed by atoms with Gasteiger partial charge in [-0.25, -0.2) is 0 Å². The number of H-pyrrole nitrogens is 1. The van der Waals surface area contributed by atoms with Crippen LogP contribution in [0.25, 0.3) is 34.7 Å². The molecule has 2 aliphatic carbocycles. The molecule has 5 rings (SSSR count). The summed E-state index contributed by atoms with van der Waals surface area (Å²) in [6, 6.07) is 12.7. The molecule has 32 heavy (non-hydrogen) atoms. The lowest BCUT2D eigenvalue weighted by Crippen LogP contribution is -2.24. The second-order valence-electron chi connectivity index (χ2n) is 8.80. The number of nitrogens with zero attached hydrogens (tertiary/aromatic N) is 2. The average Bonchev–Trinajstić information content (AvgIpc) is 3.21. The Balaban J connectivity index is 1.51. The van der Waals surface area contributed by atoms with Crippen LogP contribution in [0, 0.1) is 12.8 Å². The number of hydrogen-bond acceptors (Lipinski definition) is 3. The van der Waals surface area contributed by atoms with Crippen LogP contribution >= 0.6 is 0 Å². The molecular weight excluding hydrogens is 394 g/mol. The third-order valence-corrected chi connectivity index (χ3v) is 6.56. The summed E-state index contributed by atoms with van der Waals surface area (Å²) in [4.78, 5) is 4.68. The average molecular weight is 424 g/mol. The van der Waals surface area contributed by atoms with Crippen molar-refractivity contribution in [3.63, 3.8) is 0 Å². The van der Waals surface area contributed by atoms with E-state index in [1.54, 1.807) is 0 Å². The Hall–Kier alpha value is -3.24. The lowest BCUT2D eigenvalue weighted by atomic mass is 9.84. The molecule has 1 atom stereocenters. The third kappa shape index (κ3) is 4.23. The van der Waals surface area contributed by atoms with Gasteiger partial charge in [0.25, 0.3) is 0 Å². The molecule has 2 heterocycles. The topological polar surface area (TPSA) is 61.8 Å². The van der Waals surface area contributed by atoms with Gasteiger partial charge < -0.3 is 5.11 Å². The highest BCUT2D eigenvalue weighted by Gasteiger charge is 2.17. The van der Waals surface area contributed by atoms with E-state index in [2.05, 4.69) is 57.7 Å². The normalized spacial score (nSPS) is 18.0. The van der Waals surface area contributed by atoms with Gasteiger partial charge in [-0.15, -0.1) is 0 Å². The quantitative estimate of drug-likeness (QED) is 0.596. The van der Waals surface area contributed by atoms with Gasteiger partial charge in [-0.1, -0.05) is 48.1 Å². The van der Waals surface area contributed by atoms with Crippen molar-refractivity contribution in [1.29, 1.82) is 0 Å². The fourth-order valence-corrected chi connectivity index (χ4v) is 4.82. The van der Waals surface area contributed by atoms with Crippen LogP contribution < -0.4 is 10.4 Å². The molecule has 2 aromatic heterocycles. The summed E-state index contributed by atoms with van der Waals surface area (Å²) in [7, 11) is 0. The molecule has 162 valence electrons. The van der Waals surface area contributed by atoms with Crippen molar-refractivity contribution in [3.8, 4) is 22.5 Å². The van der Waals surface area contributed by atoms with Crippen molar-refractivity contribution in [2.24, 2.45) is 5.92 Å². The molecule has 0 unspecified atom stereocenters. The lowest BCUT2D eigenvalue weighted by molar-refractivity contribution is 0.232. The minimum atomic E-state index is 0.252. The number of benzene rings is 1. The minimum Gasteiger partial charge on any atom is -0.396 e. The molecule has 4 heteroatoms. The van der Waals surface area contributed by atoms with E-state index in [1.165, 1.54) is 28.0 Å². The van der Waals surface area contributed by atoms with Gasteiger partial charge in [0.15, 0.2) is 0 Å². The lowest BCUT2D eigenvalue weighted by Gasteiger charge is -2.22. The predicted octanol–water partition coefficient (Wildman–Crippen LogP) is 4.45. The number of hydrogen-bond donors (Lipinski definition) is 2. The number of pyridine rings is 1. The molecule has 2 N–H and O–H groups in total. The minimum absolute atomic E-state index is 0.252. The van der Waals surface area contributed by atoms with E-state index < -0.39 is 0 Å². The van der Waals surface area contributed by atoms with Crippen molar-refractivity contribution in [3.05, 3.63) is 82.0 Å². The van der Waals surface area contributed by atoms with Crippen molar-refractivity contribution >= 4 is 12.2 Å². The van der Waals surface area contributed by atoms with Gasteiger partial charge in [0.05, 0.1) is 17.6 Å². The number of aromatic nitrogens is 3. The predicted molar refractivity (Wildman–Crippen MR) is 130 cm³/mol. The first kappa shape index (κ1) is 20.7. The molecule has 0 amide bonds. The Bertz CT molecular complexity index is 1310. The highest BCUT2D eigenvalue weighted by atomic mass is 16.3. The van der Waals surface area contributed by atoms with Crippen LogP contribution in [0.5, 0.6) is 0 Å². The number of fused-ring (bicyclic) bond motifs is 1. The van der Waals surface area contributed by atoms with Crippen LogP contribution in [-0.4, -0.2) is 26.9 Å². The molecule has 1 aromatic carbocycles. The zero-order valence-corrected chi connectivity index (χ0v) is 18.5. The number of allylic oxidation sites excluding steroid dienone is 3. The zero-order valence-electron chi connectivity index (χ0n) is 18.5. The molecule has 0 spiro atoms. The molecule has 2 aliphatic rings. The molecule has 3 aromatic rings. The zero-order chi connectivity index (χ0) is 21.9. The maximum atomic E-state index is 9.79. The number of aliphatic hydroxyl groups is 1. The molecule has 0 fully saturated rings. The van der Waals surface area contributed by atoms with Gasteiger partial charge in [-0.3, -0.25) is 10.1 Å². The summed E-state index contributed by atoms with van der Waals surface area (Å²) in [6.45, 7) is 2.26. The highest BCUT2D eigenvalue weighted by Crippen LogP contribution is 2.30. The third-order valence-electron chi connectivity index (χ3n) is 6.56. The van der Waals surface area contributed by atoms with Crippen LogP contribution in [0.3, 0.4) is 0 Å². The first-order chi connectivity index (χ1) is 15.7. The summed E-state index contributed by atoms with van der Waals surface area (Å²) in [5.74, 6) is 0.311. The van der Waals surface area contributed by atoms with Crippen LogP contribution in [0.2, 0.25) is 0 Å². The van der Waals surface area contributed by atoms with Gasteiger partial charge in [0.2, 0.25) is 0 Å². The molecule has 0 aliphatic heterocycles. The van der Waals surface area contributed by atoms with Gasteiger partial charge in [-0.05, 0) is 78.8 Å². The van der Waals surface area contributed by atoms with Crippen molar-refractivity contribution in [2.45, 2.75) is 39.0 Å². The number of aryl methyl sites for hydroxylation is 1. The van der Waals surface area contributed by atoms with E-state index in [1.807, 2.05) is 31.3 Å². The van der Waals surface area contributed by atoms with Crippen molar-refractivity contribution < 1.29 is 5.11 Å². The molecule has 0 bridgehead atoms. The van der Waals surface area contributed by atoms with Crippen LogP contribution in [-0.2, 0) is 0 Å².